The summed E-state index contributed by atoms with van der Waals surface area (Å²) in [4.78, 5) is 26.0. The van der Waals surface area contributed by atoms with E-state index < -0.39 is 33.7 Å². The molecule has 0 saturated carbocycles. The van der Waals surface area contributed by atoms with Gasteiger partial charge >= 0.3 is 0 Å². The molecule has 1 atom stereocenters. The Balaban J connectivity index is 1.53. The van der Waals surface area contributed by atoms with Crippen LogP contribution in [0.3, 0.4) is 0 Å². The van der Waals surface area contributed by atoms with Crippen molar-refractivity contribution >= 4 is 33.2 Å². The van der Waals surface area contributed by atoms with Gasteiger partial charge in [0.25, 0.3) is 5.91 Å². The molecule has 1 saturated heterocycles. The lowest BCUT2D eigenvalue weighted by Crippen LogP contribution is -2.43. The Morgan fingerprint density at radius 1 is 0.879 bits per heavy atom. The molecule has 0 spiro atoms. The number of anilines is 2. The molecule has 9 heteroatoms. The minimum absolute atomic E-state index is 0.128. The van der Waals surface area contributed by atoms with E-state index in [1.54, 1.807) is 42.5 Å². The zero-order chi connectivity index (χ0) is 23.4. The maximum absolute atomic E-state index is 13.1. The molecule has 1 aliphatic rings. The first-order valence-electron chi connectivity index (χ1n) is 10.4. The molecular weight excluding hydrogens is 445 g/mol. The van der Waals surface area contributed by atoms with Crippen molar-refractivity contribution in [2.75, 3.05) is 17.2 Å². The zero-order valence-electron chi connectivity index (χ0n) is 17.6. The standard InChI is InChI=1S/C24H22FN3O4S/c25-17-12-14-18(15-13-17)26-23(29)20-9-4-5-10-21(20)27-24(30)22-11-6-16-28(22)33(31,32)19-7-2-1-3-8-19/h1-5,7-10,12-15,22H,6,11,16H2,(H,26,29)(H,27,30)/t22-/m1/s1. The van der Waals surface area contributed by atoms with E-state index >= 15 is 0 Å². The number of halogens is 1. The number of nitrogens with zero attached hydrogens (tertiary/aromatic N) is 1. The Labute approximate surface area is 191 Å². The summed E-state index contributed by atoms with van der Waals surface area (Å²) < 4.78 is 40.4. The van der Waals surface area contributed by atoms with Crippen LogP contribution in [0.15, 0.2) is 83.8 Å². The largest absolute Gasteiger partial charge is 0.324 e. The third kappa shape index (κ3) is 4.94. The number of hydrogen-bond acceptors (Lipinski definition) is 4. The van der Waals surface area contributed by atoms with Crippen LogP contribution in [0.25, 0.3) is 0 Å². The first-order valence-corrected chi connectivity index (χ1v) is 11.8. The number of carbonyl (C=O) groups excluding carboxylic acids is 2. The molecule has 2 amide bonds. The number of carbonyl (C=O) groups is 2. The summed E-state index contributed by atoms with van der Waals surface area (Å²) in [7, 11) is -3.83. The lowest BCUT2D eigenvalue weighted by Gasteiger charge is -2.24. The summed E-state index contributed by atoms with van der Waals surface area (Å²) in [6.45, 7) is 0.238. The first-order chi connectivity index (χ1) is 15.9. The predicted molar refractivity (Wildman–Crippen MR) is 123 cm³/mol. The average Bonchev–Trinajstić information content (AvgIpc) is 3.33. The molecule has 0 aliphatic carbocycles. The molecule has 0 bridgehead atoms. The molecule has 0 unspecified atom stereocenters. The Morgan fingerprint density at radius 2 is 1.55 bits per heavy atom. The summed E-state index contributed by atoms with van der Waals surface area (Å²) in [5.41, 5.74) is 0.857. The SMILES string of the molecule is O=C(Nc1ccc(F)cc1)c1ccccc1NC(=O)[C@H]1CCCN1S(=O)(=O)c1ccccc1. The molecule has 1 fully saturated rings. The summed E-state index contributed by atoms with van der Waals surface area (Å²) in [5.74, 6) is -1.42. The molecule has 4 rings (SSSR count). The maximum Gasteiger partial charge on any atom is 0.257 e. The van der Waals surface area contributed by atoms with E-state index in [4.69, 9.17) is 0 Å². The van der Waals surface area contributed by atoms with Gasteiger partial charge in [-0.3, -0.25) is 9.59 Å². The van der Waals surface area contributed by atoms with Crippen molar-refractivity contribution in [2.24, 2.45) is 0 Å². The third-order valence-electron chi connectivity index (χ3n) is 5.39. The molecule has 0 radical (unpaired) electrons. The van der Waals surface area contributed by atoms with Crippen molar-refractivity contribution in [3.8, 4) is 0 Å². The molecule has 33 heavy (non-hydrogen) atoms. The second-order valence-corrected chi connectivity index (χ2v) is 9.47. The summed E-state index contributed by atoms with van der Waals surface area (Å²) in [5, 5.41) is 5.38. The molecule has 170 valence electrons. The number of para-hydroxylation sites is 1. The Bertz CT molecular complexity index is 1260. The number of amides is 2. The van der Waals surface area contributed by atoms with Crippen LogP contribution in [0, 0.1) is 5.82 Å². The molecule has 2 N–H and O–H groups in total. The summed E-state index contributed by atoms with van der Waals surface area (Å²) >= 11 is 0. The fourth-order valence-electron chi connectivity index (χ4n) is 3.76. The van der Waals surface area contributed by atoms with Crippen LogP contribution in [-0.4, -0.2) is 37.1 Å². The second kappa shape index (κ2) is 9.51. The Kier molecular flexibility index (Phi) is 6.52. The van der Waals surface area contributed by atoms with Gasteiger partial charge in [0.15, 0.2) is 0 Å². The second-order valence-electron chi connectivity index (χ2n) is 7.58. The van der Waals surface area contributed by atoms with Gasteiger partial charge in [-0.1, -0.05) is 30.3 Å². The van der Waals surface area contributed by atoms with E-state index in [-0.39, 0.29) is 22.7 Å². The van der Waals surface area contributed by atoms with E-state index in [1.807, 2.05) is 0 Å². The minimum atomic E-state index is -3.83. The summed E-state index contributed by atoms with van der Waals surface area (Å²) in [6, 6.07) is 18.8. The van der Waals surface area contributed by atoms with Crippen LogP contribution in [0.1, 0.15) is 23.2 Å². The van der Waals surface area contributed by atoms with E-state index in [0.717, 1.165) is 0 Å². The van der Waals surface area contributed by atoms with Crippen LogP contribution in [0.2, 0.25) is 0 Å². The molecular formula is C24H22FN3O4S. The third-order valence-corrected chi connectivity index (χ3v) is 7.31. The van der Waals surface area contributed by atoms with Gasteiger partial charge in [0.1, 0.15) is 11.9 Å². The van der Waals surface area contributed by atoms with Crippen LogP contribution in [-0.2, 0) is 14.8 Å². The van der Waals surface area contributed by atoms with Gasteiger partial charge in [-0.2, -0.15) is 4.31 Å². The van der Waals surface area contributed by atoms with E-state index in [1.165, 1.54) is 40.7 Å². The highest BCUT2D eigenvalue weighted by Gasteiger charge is 2.39. The van der Waals surface area contributed by atoms with Gasteiger partial charge in [0, 0.05) is 12.2 Å². The Morgan fingerprint density at radius 3 is 2.27 bits per heavy atom. The predicted octanol–water partition coefficient (Wildman–Crippen LogP) is 3.87. The highest BCUT2D eigenvalue weighted by molar-refractivity contribution is 7.89. The smallest absolute Gasteiger partial charge is 0.257 e. The average molecular weight is 468 g/mol. The molecule has 3 aromatic carbocycles. The molecule has 7 nitrogen and oxygen atoms in total. The molecule has 1 heterocycles. The highest BCUT2D eigenvalue weighted by atomic mass is 32.2. The number of sulfonamides is 1. The normalized spacial score (nSPS) is 16.3. The van der Waals surface area contributed by atoms with Crippen molar-refractivity contribution in [1.29, 1.82) is 0 Å². The number of benzene rings is 3. The quantitative estimate of drug-likeness (QED) is 0.575. The number of rotatable bonds is 6. The molecule has 1 aliphatic heterocycles. The van der Waals surface area contributed by atoms with Gasteiger partial charge in [0.05, 0.1) is 16.1 Å². The van der Waals surface area contributed by atoms with Crippen LogP contribution in [0.5, 0.6) is 0 Å². The Hall–Kier alpha value is -3.56. The van der Waals surface area contributed by atoms with Crippen molar-refractivity contribution < 1.29 is 22.4 Å². The van der Waals surface area contributed by atoms with E-state index in [9.17, 15) is 22.4 Å². The van der Waals surface area contributed by atoms with Gasteiger partial charge < -0.3 is 10.6 Å². The monoisotopic (exact) mass is 467 g/mol. The maximum atomic E-state index is 13.1. The van der Waals surface area contributed by atoms with Gasteiger partial charge in [-0.15, -0.1) is 0 Å². The van der Waals surface area contributed by atoms with Crippen LogP contribution in [0.4, 0.5) is 15.8 Å². The first kappa shape index (κ1) is 22.6. The highest BCUT2D eigenvalue weighted by Crippen LogP contribution is 2.27. The summed E-state index contributed by atoms with van der Waals surface area (Å²) in [6.07, 6.45) is 0.929. The fourth-order valence-corrected chi connectivity index (χ4v) is 5.43. The lowest BCUT2D eigenvalue weighted by molar-refractivity contribution is -0.119. The topological polar surface area (TPSA) is 95.6 Å². The minimum Gasteiger partial charge on any atom is -0.324 e. The lowest BCUT2D eigenvalue weighted by atomic mass is 10.1. The van der Waals surface area contributed by atoms with Crippen molar-refractivity contribution in [2.45, 2.75) is 23.8 Å². The van der Waals surface area contributed by atoms with E-state index in [2.05, 4.69) is 10.6 Å². The van der Waals surface area contributed by atoms with Gasteiger partial charge in [0.2, 0.25) is 15.9 Å². The van der Waals surface area contributed by atoms with Gasteiger partial charge in [-0.05, 0) is 61.4 Å². The van der Waals surface area contributed by atoms with Crippen molar-refractivity contribution in [3.63, 3.8) is 0 Å². The fraction of sp³-hybridized carbons (Fsp3) is 0.167. The number of hydrogen-bond donors (Lipinski definition) is 2. The molecule has 0 aromatic heterocycles. The van der Waals surface area contributed by atoms with Crippen molar-refractivity contribution in [3.05, 3.63) is 90.2 Å². The molecule has 3 aromatic rings. The zero-order valence-corrected chi connectivity index (χ0v) is 18.4. The van der Waals surface area contributed by atoms with Crippen LogP contribution < -0.4 is 10.6 Å². The number of nitrogens with one attached hydrogen (secondary N) is 2. The van der Waals surface area contributed by atoms with E-state index in [0.29, 0.717) is 18.5 Å². The van der Waals surface area contributed by atoms with Crippen molar-refractivity contribution in [1.82, 2.24) is 4.31 Å². The van der Waals surface area contributed by atoms with Crippen LogP contribution >= 0.6 is 0 Å². The van der Waals surface area contributed by atoms with Gasteiger partial charge in [-0.25, -0.2) is 12.8 Å².